The molecule has 2 aromatic carbocycles. The summed E-state index contributed by atoms with van der Waals surface area (Å²) in [5.74, 6) is 0. The van der Waals surface area contributed by atoms with Crippen LogP contribution >= 0.6 is 22.7 Å². The topological polar surface area (TPSA) is 37.8 Å². The molecule has 140 valence electrons. The second-order valence-electron chi connectivity index (χ2n) is 9.03. The Morgan fingerprint density at radius 3 is 1.44 bits per heavy atom. The van der Waals surface area contributed by atoms with Gasteiger partial charge >= 0.3 is 0 Å². The van der Waals surface area contributed by atoms with Crippen LogP contribution in [0.5, 0.6) is 0 Å². The molecule has 0 bridgehead atoms. The molecule has 0 aliphatic heterocycles. The van der Waals surface area contributed by atoms with Crippen LogP contribution in [0.1, 0.15) is 52.7 Å². The van der Waals surface area contributed by atoms with E-state index in [0.29, 0.717) is 0 Å². The minimum absolute atomic E-state index is 0.142. The molecule has 1 N–H and O–H groups in total. The van der Waals surface area contributed by atoms with Gasteiger partial charge in [0.15, 0.2) is 10.3 Å². The fourth-order valence-corrected chi connectivity index (χ4v) is 4.85. The van der Waals surface area contributed by atoms with Gasteiger partial charge in [-0.25, -0.2) is 9.97 Å². The predicted octanol–water partition coefficient (Wildman–Crippen LogP) is 7.24. The first-order valence-corrected chi connectivity index (χ1v) is 10.8. The van der Waals surface area contributed by atoms with Gasteiger partial charge in [0.25, 0.3) is 0 Å². The number of hydrogen-bond donors (Lipinski definition) is 1. The molecule has 0 aliphatic rings. The number of thiazole rings is 2. The van der Waals surface area contributed by atoms with E-state index in [1.165, 1.54) is 20.5 Å². The zero-order chi connectivity index (χ0) is 19.4. The molecule has 0 atom stereocenters. The highest BCUT2D eigenvalue weighted by molar-refractivity contribution is 7.24. The molecule has 5 heteroatoms. The van der Waals surface area contributed by atoms with Gasteiger partial charge in [-0.2, -0.15) is 0 Å². The lowest BCUT2D eigenvalue weighted by Gasteiger charge is -2.18. The van der Waals surface area contributed by atoms with Crippen molar-refractivity contribution in [1.82, 2.24) is 9.97 Å². The molecule has 27 heavy (non-hydrogen) atoms. The summed E-state index contributed by atoms with van der Waals surface area (Å²) in [5.41, 5.74) is 5.02. The molecule has 0 saturated carbocycles. The average molecular weight is 396 g/mol. The summed E-state index contributed by atoms with van der Waals surface area (Å²) in [6.07, 6.45) is 0. The average Bonchev–Trinajstić information content (AvgIpc) is 3.14. The van der Waals surface area contributed by atoms with Crippen LogP contribution in [0.3, 0.4) is 0 Å². The third kappa shape index (κ3) is 3.71. The minimum Gasteiger partial charge on any atom is -0.307 e. The van der Waals surface area contributed by atoms with Crippen LogP contribution in [0, 0.1) is 0 Å². The smallest absolute Gasteiger partial charge is 0.190 e. The van der Waals surface area contributed by atoms with Crippen molar-refractivity contribution in [3.05, 3.63) is 47.5 Å². The van der Waals surface area contributed by atoms with E-state index in [9.17, 15) is 0 Å². The highest BCUT2D eigenvalue weighted by Crippen LogP contribution is 2.35. The molecule has 0 saturated heterocycles. The van der Waals surface area contributed by atoms with Gasteiger partial charge in [0, 0.05) is 0 Å². The maximum absolute atomic E-state index is 4.73. The quantitative estimate of drug-likeness (QED) is 0.388. The second kappa shape index (κ2) is 6.28. The third-order valence-corrected chi connectivity index (χ3v) is 6.59. The Labute approximate surface area is 168 Å². The second-order valence-corrected chi connectivity index (χ2v) is 11.1. The number of nitrogens with zero attached hydrogens (tertiary/aromatic N) is 2. The first-order valence-electron chi connectivity index (χ1n) is 9.19. The molecule has 0 fully saturated rings. The molecule has 0 amide bonds. The van der Waals surface area contributed by atoms with Gasteiger partial charge in [-0.05, 0) is 46.2 Å². The molecule has 3 nitrogen and oxygen atoms in total. The fourth-order valence-electron chi connectivity index (χ4n) is 2.98. The van der Waals surface area contributed by atoms with E-state index >= 15 is 0 Å². The number of nitrogens with one attached hydrogen (secondary N) is 1. The molecule has 0 unspecified atom stereocenters. The SMILES string of the molecule is CC(C)(C)c1ccc2nc(Nc3nc4ccc(C(C)(C)C)cc4s3)sc2c1. The molecule has 4 aromatic rings. The van der Waals surface area contributed by atoms with Crippen molar-refractivity contribution >= 4 is 53.4 Å². The van der Waals surface area contributed by atoms with Crippen LogP contribution in [-0.2, 0) is 10.8 Å². The molecule has 4 rings (SSSR count). The maximum atomic E-state index is 4.73. The van der Waals surface area contributed by atoms with Crippen molar-refractivity contribution in [3.8, 4) is 0 Å². The number of rotatable bonds is 2. The minimum atomic E-state index is 0.142. The van der Waals surface area contributed by atoms with Gasteiger partial charge in [0.1, 0.15) is 0 Å². The van der Waals surface area contributed by atoms with Crippen molar-refractivity contribution in [2.75, 3.05) is 5.32 Å². The van der Waals surface area contributed by atoms with Crippen LogP contribution in [0.2, 0.25) is 0 Å². The summed E-state index contributed by atoms with van der Waals surface area (Å²) in [6.45, 7) is 13.4. The molecule has 0 radical (unpaired) electrons. The van der Waals surface area contributed by atoms with Crippen molar-refractivity contribution in [2.45, 2.75) is 52.4 Å². The van der Waals surface area contributed by atoms with Gasteiger partial charge in [-0.1, -0.05) is 76.3 Å². The molecule has 0 aliphatic carbocycles. The maximum Gasteiger partial charge on any atom is 0.190 e. The predicted molar refractivity (Wildman–Crippen MR) is 120 cm³/mol. The first kappa shape index (κ1) is 18.4. The van der Waals surface area contributed by atoms with E-state index in [0.717, 1.165) is 21.3 Å². The summed E-state index contributed by atoms with van der Waals surface area (Å²) in [5, 5.41) is 5.20. The van der Waals surface area contributed by atoms with E-state index < -0.39 is 0 Å². The molecule has 2 aromatic heterocycles. The monoisotopic (exact) mass is 395 g/mol. The van der Waals surface area contributed by atoms with E-state index in [4.69, 9.17) is 9.97 Å². The Bertz CT molecular complexity index is 1030. The summed E-state index contributed by atoms with van der Waals surface area (Å²) >= 11 is 3.37. The lowest BCUT2D eigenvalue weighted by atomic mass is 9.87. The van der Waals surface area contributed by atoms with Crippen LogP contribution in [0.25, 0.3) is 20.4 Å². The Hall–Kier alpha value is -1.98. The van der Waals surface area contributed by atoms with E-state index in [1.807, 2.05) is 0 Å². The van der Waals surface area contributed by atoms with Crippen LogP contribution < -0.4 is 5.32 Å². The Morgan fingerprint density at radius 2 is 1.07 bits per heavy atom. The summed E-state index contributed by atoms with van der Waals surface area (Å²) in [6, 6.07) is 13.1. The third-order valence-electron chi connectivity index (χ3n) is 4.72. The number of fused-ring (bicyclic) bond motifs is 2. The molecular formula is C22H25N3S2. The number of benzene rings is 2. The highest BCUT2D eigenvalue weighted by atomic mass is 32.1. The molecular weight excluding hydrogens is 370 g/mol. The van der Waals surface area contributed by atoms with Gasteiger partial charge in [-0.15, -0.1) is 0 Å². The Morgan fingerprint density at radius 1 is 0.667 bits per heavy atom. The highest BCUT2D eigenvalue weighted by Gasteiger charge is 2.17. The lowest BCUT2D eigenvalue weighted by molar-refractivity contribution is 0.591. The van der Waals surface area contributed by atoms with Gasteiger partial charge < -0.3 is 5.32 Å². The van der Waals surface area contributed by atoms with Crippen molar-refractivity contribution < 1.29 is 0 Å². The fraction of sp³-hybridized carbons (Fsp3) is 0.364. The number of aromatic nitrogens is 2. The normalized spacial score (nSPS) is 12.8. The van der Waals surface area contributed by atoms with Crippen LogP contribution in [0.4, 0.5) is 10.3 Å². The Balaban J connectivity index is 1.65. The zero-order valence-electron chi connectivity index (χ0n) is 16.7. The van der Waals surface area contributed by atoms with E-state index in [-0.39, 0.29) is 10.8 Å². The van der Waals surface area contributed by atoms with E-state index in [2.05, 4.69) is 83.3 Å². The molecule has 2 heterocycles. The number of hydrogen-bond acceptors (Lipinski definition) is 5. The summed E-state index contributed by atoms with van der Waals surface area (Å²) in [4.78, 5) is 9.46. The lowest BCUT2D eigenvalue weighted by Crippen LogP contribution is -2.10. The summed E-state index contributed by atoms with van der Waals surface area (Å²) in [7, 11) is 0. The van der Waals surface area contributed by atoms with Crippen LogP contribution in [0.15, 0.2) is 36.4 Å². The summed E-state index contributed by atoms with van der Waals surface area (Å²) < 4.78 is 2.42. The standard InChI is InChI=1S/C22H25N3S2/c1-21(2,3)13-7-9-15-17(11-13)26-19(23-15)25-20-24-16-10-8-14(22(4,5)6)12-18(16)27-20/h7-12H,1-6H3,(H,23,24,25). The zero-order valence-corrected chi connectivity index (χ0v) is 18.3. The van der Waals surface area contributed by atoms with Crippen molar-refractivity contribution in [1.29, 1.82) is 0 Å². The van der Waals surface area contributed by atoms with Crippen LogP contribution in [-0.4, -0.2) is 9.97 Å². The first-order chi connectivity index (χ1) is 12.6. The largest absolute Gasteiger partial charge is 0.307 e. The van der Waals surface area contributed by atoms with Gasteiger partial charge in [-0.3, -0.25) is 0 Å². The van der Waals surface area contributed by atoms with Crippen molar-refractivity contribution in [2.24, 2.45) is 0 Å². The van der Waals surface area contributed by atoms with Crippen molar-refractivity contribution in [3.63, 3.8) is 0 Å². The Kier molecular flexibility index (Phi) is 4.28. The molecule has 0 spiro atoms. The van der Waals surface area contributed by atoms with Gasteiger partial charge in [0.05, 0.1) is 20.4 Å². The van der Waals surface area contributed by atoms with E-state index in [1.54, 1.807) is 22.7 Å². The van der Waals surface area contributed by atoms with Gasteiger partial charge in [0.2, 0.25) is 0 Å². The number of anilines is 2.